The normalized spacial score (nSPS) is 15.4. The monoisotopic (exact) mass is 213 g/mol. The standard InChI is InChI=1S/C11H19NOS/c1-8-5-6-13-11(8)10(3)12-7-9(2)14-4/h5-6,9-10,12H,7H2,1-4H3. The third-order valence-electron chi connectivity index (χ3n) is 2.41. The summed E-state index contributed by atoms with van der Waals surface area (Å²) in [5, 5.41) is 4.11. The van der Waals surface area contributed by atoms with E-state index in [0.717, 1.165) is 12.3 Å². The summed E-state index contributed by atoms with van der Waals surface area (Å²) in [6.07, 6.45) is 3.88. The molecule has 0 fully saturated rings. The van der Waals surface area contributed by atoms with Gasteiger partial charge in [0.05, 0.1) is 12.3 Å². The second-order valence-electron chi connectivity index (χ2n) is 3.64. The minimum Gasteiger partial charge on any atom is -0.467 e. The van der Waals surface area contributed by atoms with Crippen molar-refractivity contribution < 1.29 is 4.42 Å². The summed E-state index contributed by atoms with van der Waals surface area (Å²) in [6.45, 7) is 7.45. The molecule has 1 heterocycles. The zero-order valence-electron chi connectivity index (χ0n) is 9.33. The first-order valence-corrected chi connectivity index (χ1v) is 6.24. The summed E-state index contributed by atoms with van der Waals surface area (Å²) >= 11 is 1.88. The SMILES string of the molecule is CSC(C)CNC(C)c1occc1C. The lowest BCUT2D eigenvalue weighted by molar-refractivity contribution is 0.430. The Balaban J connectivity index is 2.43. The van der Waals surface area contributed by atoms with Crippen molar-refractivity contribution in [3.63, 3.8) is 0 Å². The van der Waals surface area contributed by atoms with E-state index in [1.54, 1.807) is 6.26 Å². The van der Waals surface area contributed by atoms with Gasteiger partial charge in [-0.15, -0.1) is 0 Å². The molecular weight excluding hydrogens is 194 g/mol. The zero-order valence-corrected chi connectivity index (χ0v) is 10.1. The Morgan fingerprint density at radius 3 is 2.71 bits per heavy atom. The molecule has 1 aromatic heterocycles. The van der Waals surface area contributed by atoms with E-state index in [0.29, 0.717) is 11.3 Å². The summed E-state index contributed by atoms with van der Waals surface area (Å²) in [6, 6.07) is 2.31. The van der Waals surface area contributed by atoms with Crippen molar-refractivity contribution in [3.8, 4) is 0 Å². The Morgan fingerprint density at radius 2 is 2.21 bits per heavy atom. The van der Waals surface area contributed by atoms with Crippen LogP contribution in [-0.2, 0) is 0 Å². The minimum atomic E-state index is 0.305. The van der Waals surface area contributed by atoms with Gasteiger partial charge in [0.1, 0.15) is 5.76 Å². The third kappa shape index (κ3) is 3.07. The van der Waals surface area contributed by atoms with Crippen molar-refractivity contribution in [2.75, 3.05) is 12.8 Å². The van der Waals surface area contributed by atoms with E-state index in [4.69, 9.17) is 4.42 Å². The molecule has 0 aliphatic heterocycles. The quantitative estimate of drug-likeness (QED) is 0.814. The number of rotatable bonds is 5. The average molecular weight is 213 g/mol. The van der Waals surface area contributed by atoms with Crippen LogP contribution in [0.5, 0.6) is 0 Å². The second kappa shape index (κ2) is 5.47. The number of nitrogens with one attached hydrogen (secondary N) is 1. The first kappa shape index (κ1) is 11.7. The summed E-state index contributed by atoms with van der Waals surface area (Å²) in [4.78, 5) is 0. The van der Waals surface area contributed by atoms with Crippen molar-refractivity contribution in [2.24, 2.45) is 0 Å². The van der Waals surface area contributed by atoms with Gasteiger partial charge in [0, 0.05) is 11.8 Å². The molecule has 80 valence electrons. The fourth-order valence-electron chi connectivity index (χ4n) is 1.35. The zero-order chi connectivity index (χ0) is 10.6. The van der Waals surface area contributed by atoms with Crippen LogP contribution in [0, 0.1) is 6.92 Å². The Hall–Kier alpha value is -0.410. The largest absolute Gasteiger partial charge is 0.467 e. The minimum absolute atomic E-state index is 0.305. The summed E-state index contributed by atoms with van der Waals surface area (Å²) in [5.41, 5.74) is 1.22. The van der Waals surface area contributed by atoms with Crippen molar-refractivity contribution in [1.29, 1.82) is 0 Å². The van der Waals surface area contributed by atoms with E-state index in [2.05, 4.69) is 32.3 Å². The number of hydrogen-bond donors (Lipinski definition) is 1. The van der Waals surface area contributed by atoms with Crippen LogP contribution < -0.4 is 5.32 Å². The molecule has 3 heteroatoms. The topological polar surface area (TPSA) is 25.2 Å². The van der Waals surface area contributed by atoms with Crippen LogP contribution in [0.2, 0.25) is 0 Å². The smallest absolute Gasteiger partial charge is 0.123 e. The van der Waals surface area contributed by atoms with E-state index in [1.165, 1.54) is 5.56 Å². The summed E-state index contributed by atoms with van der Waals surface area (Å²) in [5.74, 6) is 1.05. The maximum atomic E-state index is 5.42. The predicted octanol–water partition coefficient (Wildman–Crippen LogP) is 2.99. The highest BCUT2D eigenvalue weighted by Gasteiger charge is 2.11. The molecule has 1 aromatic rings. The molecule has 0 spiro atoms. The molecule has 0 saturated heterocycles. The van der Waals surface area contributed by atoms with Gasteiger partial charge in [-0.25, -0.2) is 0 Å². The van der Waals surface area contributed by atoms with Gasteiger partial charge in [0.25, 0.3) is 0 Å². The van der Waals surface area contributed by atoms with Crippen molar-refractivity contribution in [3.05, 3.63) is 23.7 Å². The van der Waals surface area contributed by atoms with Crippen molar-refractivity contribution in [1.82, 2.24) is 5.32 Å². The predicted molar refractivity (Wildman–Crippen MR) is 62.8 cm³/mol. The van der Waals surface area contributed by atoms with Crippen LogP contribution in [0.3, 0.4) is 0 Å². The lowest BCUT2D eigenvalue weighted by Gasteiger charge is -2.15. The molecule has 0 bridgehead atoms. The highest BCUT2D eigenvalue weighted by molar-refractivity contribution is 7.99. The van der Waals surface area contributed by atoms with Gasteiger partial charge in [-0.05, 0) is 31.7 Å². The first-order chi connectivity index (χ1) is 6.65. The van der Waals surface area contributed by atoms with E-state index in [9.17, 15) is 0 Å². The van der Waals surface area contributed by atoms with Gasteiger partial charge >= 0.3 is 0 Å². The van der Waals surface area contributed by atoms with E-state index in [1.807, 2.05) is 17.8 Å². The maximum absolute atomic E-state index is 5.42. The van der Waals surface area contributed by atoms with Crippen LogP contribution in [0.25, 0.3) is 0 Å². The molecule has 0 amide bonds. The van der Waals surface area contributed by atoms with E-state index in [-0.39, 0.29) is 0 Å². The Morgan fingerprint density at radius 1 is 1.50 bits per heavy atom. The van der Waals surface area contributed by atoms with Crippen LogP contribution in [0.4, 0.5) is 0 Å². The Kier molecular flexibility index (Phi) is 4.55. The molecule has 2 atom stereocenters. The van der Waals surface area contributed by atoms with E-state index >= 15 is 0 Å². The van der Waals surface area contributed by atoms with Gasteiger partial charge < -0.3 is 9.73 Å². The van der Waals surface area contributed by atoms with Crippen LogP contribution in [-0.4, -0.2) is 18.1 Å². The highest BCUT2D eigenvalue weighted by Crippen LogP contribution is 2.18. The summed E-state index contributed by atoms with van der Waals surface area (Å²) < 4.78 is 5.42. The third-order valence-corrected chi connectivity index (χ3v) is 3.38. The highest BCUT2D eigenvalue weighted by atomic mass is 32.2. The van der Waals surface area contributed by atoms with Gasteiger partial charge in [0.2, 0.25) is 0 Å². The molecular formula is C11H19NOS. The first-order valence-electron chi connectivity index (χ1n) is 4.95. The molecule has 0 aromatic carbocycles. The van der Waals surface area contributed by atoms with Crippen LogP contribution in [0.15, 0.2) is 16.7 Å². The maximum Gasteiger partial charge on any atom is 0.123 e. The molecule has 0 aliphatic rings. The number of hydrogen-bond acceptors (Lipinski definition) is 3. The van der Waals surface area contributed by atoms with Crippen molar-refractivity contribution in [2.45, 2.75) is 32.1 Å². The fourth-order valence-corrected chi connectivity index (χ4v) is 1.61. The summed E-state index contributed by atoms with van der Waals surface area (Å²) in [7, 11) is 0. The molecule has 0 radical (unpaired) electrons. The molecule has 2 unspecified atom stereocenters. The lowest BCUT2D eigenvalue weighted by Crippen LogP contribution is -2.25. The van der Waals surface area contributed by atoms with E-state index < -0.39 is 0 Å². The molecule has 0 saturated carbocycles. The molecule has 0 aliphatic carbocycles. The van der Waals surface area contributed by atoms with Gasteiger partial charge in [-0.3, -0.25) is 0 Å². The van der Waals surface area contributed by atoms with Gasteiger partial charge in [0.15, 0.2) is 0 Å². The van der Waals surface area contributed by atoms with Crippen LogP contribution >= 0.6 is 11.8 Å². The fraction of sp³-hybridized carbons (Fsp3) is 0.636. The van der Waals surface area contributed by atoms with Crippen LogP contribution in [0.1, 0.15) is 31.2 Å². The number of aryl methyl sites for hydroxylation is 1. The second-order valence-corrected chi connectivity index (χ2v) is 4.92. The molecule has 1 rings (SSSR count). The average Bonchev–Trinajstić information content (AvgIpc) is 2.60. The number of thioether (sulfide) groups is 1. The Labute approximate surface area is 90.5 Å². The number of furan rings is 1. The van der Waals surface area contributed by atoms with Gasteiger partial charge in [-0.1, -0.05) is 6.92 Å². The lowest BCUT2D eigenvalue weighted by atomic mass is 10.2. The van der Waals surface area contributed by atoms with Gasteiger partial charge in [-0.2, -0.15) is 11.8 Å². The molecule has 2 nitrogen and oxygen atoms in total. The van der Waals surface area contributed by atoms with Crippen molar-refractivity contribution >= 4 is 11.8 Å². The molecule has 14 heavy (non-hydrogen) atoms. The molecule has 1 N–H and O–H groups in total. The Bertz CT molecular complexity index is 272.